The van der Waals surface area contributed by atoms with Crippen LogP contribution in [-0.2, 0) is 9.59 Å². The molecule has 0 aliphatic carbocycles. The number of carbonyl (C=O) groups is 2. The van der Waals surface area contributed by atoms with Gasteiger partial charge in [-0.15, -0.1) is 11.8 Å². The van der Waals surface area contributed by atoms with Crippen LogP contribution < -0.4 is 5.32 Å². The number of hydrogen-bond donors (Lipinski definition) is 1. The van der Waals surface area contributed by atoms with E-state index < -0.39 is 0 Å². The van der Waals surface area contributed by atoms with Gasteiger partial charge in [0.15, 0.2) is 11.5 Å². The van der Waals surface area contributed by atoms with Crippen LogP contribution in [0.5, 0.6) is 0 Å². The number of hydrogen-bond acceptors (Lipinski definition) is 5. The van der Waals surface area contributed by atoms with E-state index in [1.807, 2.05) is 73.0 Å². The van der Waals surface area contributed by atoms with Gasteiger partial charge in [-0.2, -0.15) is 10.1 Å². The van der Waals surface area contributed by atoms with Gasteiger partial charge in [0, 0.05) is 16.0 Å². The number of fused-ring (bicyclic) bond motifs is 1. The number of rotatable bonds is 4. The van der Waals surface area contributed by atoms with E-state index in [2.05, 4.69) is 15.4 Å². The maximum Gasteiger partial charge on any atom is 0.298 e. The molecule has 32 heavy (non-hydrogen) atoms. The van der Waals surface area contributed by atoms with Crippen molar-refractivity contribution >= 4 is 46.9 Å². The van der Waals surface area contributed by atoms with Crippen molar-refractivity contribution in [2.45, 2.75) is 4.90 Å². The number of para-hydroxylation sites is 1. The normalized spacial score (nSPS) is 17.7. The summed E-state index contributed by atoms with van der Waals surface area (Å²) in [4.78, 5) is 31.6. The summed E-state index contributed by atoms with van der Waals surface area (Å²) in [5, 5.41) is 8.47. The standard InChI is InChI=1S/C25H18N4O2S/c1-32-18-13-11-16(12-14-18)15-21-25(31)29(23(26-21)17-7-3-2-4-8-17)28-22-19-9-5-6-10-20(19)27-24(22)30/h2-15H,1H3,(H,27,28,30)/b21-15-. The number of amides is 2. The monoisotopic (exact) mass is 438 g/mol. The highest BCUT2D eigenvalue weighted by Gasteiger charge is 2.34. The molecule has 5 rings (SSSR count). The van der Waals surface area contributed by atoms with Gasteiger partial charge in [-0.25, -0.2) is 4.99 Å². The molecule has 0 saturated heterocycles. The Morgan fingerprint density at radius 3 is 2.41 bits per heavy atom. The molecular formula is C25H18N4O2S. The smallest absolute Gasteiger partial charge is 0.298 e. The number of aliphatic imine (C=N–C) groups is 1. The molecule has 0 fully saturated rings. The molecule has 2 heterocycles. The van der Waals surface area contributed by atoms with Crippen molar-refractivity contribution in [3.63, 3.8) is 0 Å². The lowest BCUT2D eigenvalue weighted by atomic mass is 10.1. The van der Waals surface area contributed by atoms with Gasteiger partial charge in [0.1, 0.15) is 5.70 Å². The average Bonchev–Trinajstić information content (AvgIpc) is 3.31. The summed E-state index contributed by atoms with van der Waals surface area (Å²) >= 11 is 1.65. The van der Waals surface area contributed by atoms with Crippen molar-refractivity contribution in [3.8, 4) is 0 Å². The van der Waals surface area contributed by atoms with Crippen LogP contribution in [0.4, 0.5) is 5.69 Å². The van der Waals surface area contributed by atoms with E-state index in [0.29, 0.717) is 17.1 Å². The van der Waals surface area contributed by atoms with Crippen LogP contribution in [0.1, 0.15) is 16.7 Å². The van der Waals surface area contributed by atoms with Crippen molar-refractivity contribution in [1.82, 2.24) is 5.01 Å². The van der Waals surface area contributed by atoms with Gasteiger partial charge in [0.2, 0.25) is 0 Å². The highest BCUT2D eigenvalue weighted by atomic mass is 32.2. The number of anilines is 1. The van der Waals surface area contributed by atoms with Crippen molar-refractivity contribution < 1.29 is 9.59 Å². The van der Waals surface area contributed by atoms with Crippen LogP contribution in [0.2, 0.25) is 0 Å². The molecule has 3 aromatic rings. The van der Waals surface area contributed by atoms with Crippen molar-refractivity contribution in [2.24, 2.45) is 10.1 Å². The second-order valence-corrected chi connectivity index (χ2v) is 8.05. The number of benzene rings is 3. The van der Waals surface area contributed by atoms with Crippen molar-refractivity contribution in [2.75, 3.05) is 11.6 Å². The van der Waals surface area contributed by atoms with Crippen LogP contribution in [0.15, 0.2) is 99.5 Å². The molecule has 0 saturated carbocycles. The SMILES string of the molecule is CSc1ccc(/C=C2\N=C(c3ccccc3)N(/N=C3\C(=O)Nc4ccccc43)C2=O)cc1. The van der Waals surface area contributed by atoms with Gasteiger partial charge >= 0.3 is 0 Å². The Labute approximate surface area is 189 Å². The minimum Gasteiger partial charge on any atom is -0.320 e. The minimum atomic E-state index is -0.387. The number of hydrazone groups is 1. The van der Waals surface area contributed by atoms with Gasteiger partial charge in [-0.1, -0.05) is 60.7 Å². The summed E-state index contributed by atoms with van der Waals surface area (Å²) < 4.78 is 0. The summed E-state index contributed by atoms with van der Waals surface area (Å²) in [6, 6.07) is 24.5. The molecule has 2 amide bonds. The van der Waals surface area contributed by atoms with Crippen LogP contribution in [0, 0.1) is 0 Å². The molecule has 0 unspecified atom stereocenters. The molecule has 0 aromatic heterocycles. The van der Waals surface area contributed by atoms with Gasteiger partial charge in [0.05, 0.1) is 5.69 Å². The molecule has 7 heteroatoms. The molecule has 2 aliphatic heterocycles. The molecule has 1 N–H and O–H groups in total. The summed E-state index contributed by atoms with van der Waals surface area (Å²) in [6.45, 7) is 0. The third-order valence-electron chi connectivity index (χ3n) is 5.14. The van der Waals surface area contributed by atoms with Crippen LogP contribution in [0.3, 0.4) is 0 Å². The number of carbonyl (C=O) groups excluding carboxylic acids is 2. The van der Waals surface area contributed by atoms with Crippen LogP contribution in [0.25, 0.3) is 6.08 Å². The molecule has 156 valence electrons. The fraction of sp³-hybridized carbons (Fsp3) is 0.0400. The van der Waals surface area contributed by atoms with Crippen LogP contribution in [-0.4, -0.2) is 34.6 Å². The zero-order valence-corrected chi connectivity index (χ0v) is 18.0. The lowest BCUT2D eigenvalue weighted by molar-refractivity contribution is -0.122. The molecule has 2 aliphatic rings. The Morgan fingerprint density at radius 2 is 1.66 bits per heavy atom. The zero-order chi connectivity index (χ0) is 22.1. The lowest BCUT2D eigenvalue weighted by Gasteiger charge is -2.13. The third kappa shape index (κ3) is 3.63. The molecule has 6 nitrogen and oxygen atoms in total. The van der Waals surface area contributed by atoms with Crippen molar-refractivity contribution in [3.05, 3.63) is 101 Å². The Balaban J connectivity index is 1.59. The largest absolute Gasteiger partial charge is 0.320 e. The fourth-order valence-electron chi connectivity index (χ4n) is 3.53. The second kappa shape index (κ2) is 8.28. The summed E-state index contributed by atoms with van der Waals surface area (Å²) in [6.07, 6.45) is 3.75. The minimum absolute atomic E-state index is 0.183. The molecule has 3 aromatic carbocycles. The highest BCUT2D eigenvalue weighted by Crippen LogP contribution is 2.27. The first-order chi connectivity index (χ1) is 15.6. The summed E-state index contributed by atoms with van der Waals surface area (Å²) in [7, 11) is 0. The Bertz CT molecular complexity index is 1310. The van der Waals surface area contributed by atoms with E-state index in [0.717, 1.165) is 16.0 Å². The highest BCUT2D eigenvalue weighted by molar-refractivity contribution is 7.98. The van der Waals surface area contributed by atoms with E-state index in [9.17, 15) is 9.59 Å². The van der Waals surface area contributed by atoms with Gasteiger partial charge in [-0.3, -0.25) is 9.59 Å². The lowest BCUT2D eigenvalue weighted by Crippen LogP contribution is -2.30. The predicted molar refractivity (Wildman–Crippen MR) is 128 cm³/mol. The third-order valence-corrected chi connectivity index (χ3v) is 5.88. The van der Waals surface area contributed by atoms with Gasteiger partial charge in [0.25, 0.3) is 11.8 Å². The maximum atomic E-state index is 13.3. The van der Waals surface area contributed by atoms with E-state index in [-0.39, 0.29) is 23.2 Å². The topological polar surface area (TPSA) is 74.1 Å². The van der Waals surface area contributed by atoms with E-state index in [1.165, 1.54) is 5.01 Å². The summed E-state index contributed by atoms with van der Waals surface area (Å²) in [5.74, 6) is -0.355. The fourth-order valence-corrected chi connectivity index (χ4v) is 3.94. The quantitative estimate of drug-likeness (QED) is 0.485. The first-order valence-electron chi connectivity index (χ1n) is 9.98. The van der Waals surface area contributed by atoms with Crippen LogP contribution >= 0.6 is 11.8 Å². The number of amidine groups is 1. The Kier molecular flexibility index (Phi) is 5.17. The second-order valence-electron chi connectivity index (χ2n) is 7.17. The van der Waals surface area contributed by atoms with E-state index in [1.54, 1.807) is 30.0 Å². The molecule has 0 spiro atoms. The Hall–Kier alpha value is -3.97. The molecule has 0 radical (unpaired) electrons. The van der Waals surface area contributed by atoms with E-state index in [4.69, 9.17) is 0 Å². The molecule has 0 bridgehead atoms. The van der Waals surface area contributed by atoms with Crippen molar-refractivity contribution in [1.29, 1.82) is 0 Å². The average molecular weight is 439 g/mol. The molecule has 0 atom stereocenters. The van der Waals surface area contributed by atoms with E-state index >= 15 is 0 Å². The number of thioether (sulfide) groups is 1. The maximum absolute atomic E-state index is 13.3. The first-order valence-corrected chi connectivity index (χ1v) is 11.2. The number of nitrogens with zero attached hydrogens (tertiary/aromatic N) is 3. The predicted octanol–water partition coefficient (Wildman–Crippen LogP) is 4.39. The number of nitrogens with one attached hydrogen (secondary N) is 1. The zero-order valence-electron chi connectivity index (χ0n) is 17.1. The molecular weight excluding hydrogens is 420 g/mol. The van der Waals surface area contributed by atoms with Gasteiger partial charge in [-0.05, 0) is 36.1 Å². The first kappa shape index (κ1) is 20.0. The van der Waals surface area contributed by atoms with Gasteiger partial charge < -0.3 is 5.32 Å². The summed E-state index contributed by atoms with van der Waals surface area (Å²) in [5.41, 5.74) is 3.37. The Morgan fingerprint density at radius 1 is 0.938 bits per heavy atom.